The molecular formula is C30H29N3O3. The number of nitrogens with zero attached hydrogens (tertiary/aromatic N) is 2. The molecule has 3 aromatic carbocycles. The molecular weight excluding hydrogens is 450 g/mol. The Kier molecular flexibility index (Phi) is 7.31. The average Bonchev–Trinajstić information content (AvgIpc) is 3.20. The van der Waals surface area contributed by atoms with E-state index in [1.54, 1.807) is 18.2 Å². The van der Waals surface area contributed by atoms with Crippen molar-refractivity contribution >= 4 is 22.9 Å². The second-order valence-electron chi connectivity index (χ2n) is 9.19. The summed E-state index contributed by atoms with van der Waals surface area (Å²) in [6, 6.07) is 25.1. The number of hydrogen-bond acceptors (Lipinski definition) is 5. The largest absolute Gasteiger partial charge is 0.452 e. The Morgan fingerprint density at radius 2 is 1.33 bits per heavy atom. The Hall–Kier alpha value is -4.06. The standard InChI is InChI=1S/C30H29N3O3/c34-27(31-24-15-9-1-2-10-16-24)20-36-30(35)23-17-18-25-26(19-23)33-29(22-13-7-4-8-14-22)28(32-25)21-11-5-3-6-12-21/h3-8,11-14,17-19,24H,1-2,9-10,15-16,20H2,(H,31,34). The van der Waals surface area contributed by atoms with Crippen LogP contribution >= 0.6 is 0 Å². The van der Waals surface area contributed by atoms with Crippen molar-refractivity contribution in [3.05, 3.63) is 84.4 Å². The molecule has 6 nitrogen and oxygen atoms in total. The minimum absolute atomic E-state index is 0.171. The van der Waals surface area contributed by atoms with E-state index in [0.717, 1.165) is 48.2 Å². The minimum atomic E-state index is -0.553. The lowest BCUT2D eigenvalue weighted by molar-refractivity contribution is -0.125. The van der Waals surface area contributed by atoms with Gasteiger partial charge >= 0.3 is 5.97 Å². The predicted octanol–water partition coefficient (Wildman–Crippen LogP) is 5.96. The molecule has 1 aromatic heterocycles. The van der Waals surface area contributed by atoms with Crippen LogP contribution < -0.4 is 5.32 Å². The van der Waals surface area contributed by atoms with E-state index >= 15 is 0 Å². The van der Waals surface area contributed by atoms with Crippen LogP contribution in [-0.4, -0.2) is 34.5 Å². The molecule has 0 aliphatic heterocycles. The molecule has 5 rings (SSSR count). The van der Waals surface area contributed by atoms with E-state index in [4.69, 9.17) is 14.7 Å². The van der Waals surface area contributed by atoms with E-state index in [9.17, 15) is 9.59 Å². The van der Waals surface area contributed by atoms with Crippen LogP contribution in [0.3, 0.4) is 0 Å². The van der Waals surface area contributed by atoms with Crippen LogP contribution in [0.15, 0.2) is 78.9 Å². The first kappa shape index (κ1) is 23.7. The van der Waals surface area contributed by atoms with E-state index in [-0.39, 0.29) is 18.6 Å². The number of carbonyl (C=O) groups excluding carboxylic acids is 2. The molecule has 0 unspecified atom stereocenters. The maximum Gasteiger partial charge on any atom is 0.338 e. The molecule has 1 fully saturated rings. The van der Waals surface area contributed by atoms with Crippen molar-refractivity contribution in [1.29, 1.82) is 0 Å². The highest BCUT2D eigenvalue weighted by molar-refractivity contribution is 5.96. The third kappa shape index (κ3) is 5.60. The fraction of sp³-hybridized carbons (Fsp3) is 0.267. The molecule has 1 N–H and O–H groups in total. The summed E-state index contributed by atoms with van der Waals surface area (Å²) in [5.74, 6) is -0.808. The minimum Gasteiger partial charge on any atom is -0.452 e. The Balaban J connectivity index is 1.37. The summed E-state index contributed by atoms with van der Waals surface area (Å²) in [6.07, 6.45) is 6.64. The molecule has 0 bridgehead atoms. The summed E-state index contributed by atoms with van der Waals surface area (Å²) < 4.78 is 5.32. The average molecular weight is 480 g/mol. The van der Waals surface area contributed by atoms with Crippen LogP contribution in [0.5, 0.6) is 0 Å². The lowest BCUT2D eigenvalue weighted by atomic mass is 10.0. The molecule has 0 radical (unpaired) electrons. The second-order valence-corrected chi connectivity index (χ2v) is 9.19. The SMILES string of the molecule is O=C(COC(=O)c1ccc2nc(-c3ccccc3)c(-c3ccccc3)nc2c1)NC1CCCCCC1. The molecule has 0 atom stereocenters. The van der Waals surface area contributed by atoms with Crippen molar-refractivity contribution < 1.29 is 14.3 Å². The van der Waals surface area contributed by atoms with E-state index in [1.165, 1.54) is 12.8 Å². The number of hydrogen-bond donors (Lipinski definition) is 1. The van der Waals surface area contributed by atoms with E-state index in [0.29, 0.717) is 16.6 Å². The summed E-state index contributed by atoms with van der Waals surface area (Å²) in [7, 11) is 0. The lowest BCUT2D eigenvalue weighted by Gasteiger charge is -2.16. The normalized spacial score (nSPS) is 14.2. The highest BCUT2D eigenvalue weighted by Gasteiger charge is 2.18. The van der Waals surface area contributed by atoms with Crippen molar-refractivity contribution in [2.75, 3.05) is 6.61 Å². The number of rotatable bonds is 6. The molecule has 182 valence electrons. The first-order valence-electron chi connectivity index (χ1n) is 12.6. The summed E-state index contributed by atoms with van der Waals surface area (Å²) in [6.45, 7) is -0.290. The number of aromatic nitrogens is 2. The van der Waals surface area contributed by atoms with Crippen LogP contribution in [0.25, 0.3) is 33.5 Å². The van der Waals surface area contributed by atoms with Gasteiger partial charge in [-0.25, -0.2) is 14.8 Å². The van der Waals surface area contributed by atoms with E-state index in [1.807, 2.05) is 60.7 Å². The predicted molar refractivity (Wildman–Crippen MR) is 140 cm³/mol. The molecule has 1 heterocycles. The Bertz CT molecular complexity index is 1350. The van der Waals surface area contributed by atoms with Gasteiger partial charge in [0.05, 0.1) is 28.0 Å². The zero-order valence-corrected chi connectivity index (χ0v) is 20.2. The van der Waals surface area contributed by atoms with E-state index < -0.39 is 5.97 Å². The zero-order valence-electron chi connectivity index (χ0n) is 20.2. The molecule has 1 amide bonds. The molecule has 1 aliphatic carbocycles. The van der Waals surface area contributed by atoms with Crippen molar-refractivity contribution in [2.24, 2.45) is 0 Å². The van der Waals surface area contributed by atoms with Crippen LogP contribution in [0, 0.1) is 0 Å². The van der Waals surface area contributed by atoms with Crippen molar-refractivity contribution in [3.8, 4) is 22.5 Å². The highest BCUT2D eigenvalue weighted by Crippen LogP contribution is 2.31. The Labute approximate surface area is 210 Å². The number of nitrogens with one attached hydrogen (secondary N) is 1. The van der Waals surface area contributed by atoms with Gasteiger partial charge in [-0.1, -0.05) is 86.3 Å². The van der Waals surface area contributed by atoms with Gasteiger partial charge in [0, 0.05) is 17.2 Å². The number of amides is 1. The van der Waals surface area contributed by atoms with Gasteiger partial charge in [-0.05, 0) is 31.0 Å². The van der Waals surface area contributed by atoms with Gasteiger partial charge < -0.3 is 10.1 Å². The van der Waals surface area contributed by atoms with Gasteiger partial charge in [0.15, 0.2) is 6.61 Å². The summed E-state index contributed by atoms with van der Waals surface area (Å²) in [4.78, 5) is 34.9. The van der Waals surface area contributed by atoms with Gasteiger partial charge in [-0.2, -0.15) is 0 Å². The first-order chi connectivity index (χ1) is 17.7. The molecule has 4 aromatic rings. The lowest BCUT2D eigenvalue weighted by Crippen LogP contribution is -2.37. The first-order valence-corrected chi connectivity index (χ1v) is 12.6. The number of benzene rings is 3. The quantitative estimate of drug-likeness (QED) is 0.273. The molecule has 1 saturated carbocycles. The number of ether oxygens (including phenoxy) is 1. The fourth-order valence-corrected chi connectivity index (χ4v) is 4.68. The third-order valence-corrected chi connectivity index (χ3v) is 6.55. The molecule has 1 aliphatic rings. The van der Waals surface area contributed by atoms with Crippen molar-refractivity contribution in [3.63, 3.8) is 0 Å². The van der Waals surface area contributed by atoms with Crippen LogP contribution in [0.2, 0.25) is 0 Å². The monoisotopic (exact) mass is 479 g/mol. The summed E-state index contributed by atoms with van der Waals surface area (Å²) in [5, 5.41) is 3.00. The second kappa shape index (κ2) is 11.1. The fourth-order valence-electron chi connectivity index (χ4n) is 4.68. The van der Waals surface area contributed by atoms with Crippen LogP contribution in [-0.2, 0) is 9.53 Å². The molecule has 36 heavy (non-hydrogen) atoms. The number of esters is 1. The van der Waals surface area contributed by atoms with Gasteiger partial charge in [0.1, 0.15) is 0 Å². The van der Waals surface area contributed by atoms with Gasteiger partial charge in [0.25, 0.3) is 5.91 Å². The van der Waals surface area contributed by atoms with Gasteiger partial charge in [0.2, 0.25) is 0 Å². The smallest absolute Gasteiger partial charge is 0.338 e. The molecule has 0 spiro atoms. The zero-order chi connectivity index (χ0) is 24.7. The topological polar surface area (TPSA) is 81.2 Å². The highest BCUT2D eigenvalue weighted by atomic mass is 16.5. The van der Waals surface area contributed by atoms with Crippen LogP contribution in [0.1, 0.15) is 48.9 Å². The van der Waals surface area contributed by atoms with Gasteiger partial charge in [-0.15, -0.1) is 0 Å². The van der Waals surface area contributed by atoms with Crippen molar-refractivity contribution in [2.45, 2.75) is 44.6 Å². The Morgan fingerprint density at radius 3 is 1.94 bits per heavy atom. The maximum absolute atomic E-state index is 12.7. The maximum atomic E-state index is 12.7. The van der Waals surface area contributed by atoms with E-state index in [2.05, 4.69) is 5.32 Å². The van der Waals surface area contributed by atoms with Crippen LogP contribution in [0.4, 0.5) is 0 Å². The molecule has 0 saturated heterocycles. The summed E-state index contributed by atoms with van der Waals surface area (Å²) >= 11 is 0. The number of carbonyl (C=O) groups is 2. The third-order valence-electron chi connectivity index (χ3n) is 6.55. The molecule has 6 heteroatoms. The van der Waals surface area contributed by atoms with Crippen molar-refractivity contribution in [1.82, 2.24) is 15.3 Å². The van der Waals surface area contributed by atoms with Gasteiger partial charge in [-0.3, -0.25) is 4.79 Å². The number of fused-ring (bicyclic) bond motifs is 1. The summed E-state index contributed by atoms with van der Waals surface area (Å²) in [5.41, 5.74) is 5.03. The Morgan fingerprint density at radius 1 is 0.750 bits per heavy atom.